The summed E-state index contributed by atoms with van der Waals surface area (Å²) in [4.78, 5) is 9.70. The topological polar surface area (TPSA) is 58.6 Å². The number of hydrogen-bond donors (Lipinski definition) is 2. The molecule has 0 radical (unpaired) electrons. The number of nitrogens with one attached hydrogen (secondary N) is 1. The van der Waals surface area contributed by atoms with E-state index >= 15 is 0 Å². The number of carbonyl (C=O) groups excluding carboxylic acids is 1. The van der Waals surface area contributed by atoms with E-state index in [1.54, 1.807) is 0 Å². The molecule has 10 heavy (non-hydrogen) atoms. The molecule has 0 bridgehead atoms. The summed E-state index contributed by atoms with van der Waals surface area (Å²) in [6, 6.07) is 0. The van der Waals surface area contributed by atoms with Gasteiger partial charge in [-0.3, -0.25) is 4.79 Å². The Morgan fingerprint density at radius 3 is 2.90 bits per heavy atom. The lowest BCUT2D eigenvalue weighted by molar-refractivity contribution is -0.109. The van der Waals surface area contributed by atoms with Gasteiger partial charge in [-0.1, -0.05) is 0 Å². The molecule has 4 heteroatoms. The molecule has 0 aromatic heterocycles. The molecule has 0 fully saturated rings. The van der Waals surface area contributed by atoms with Gasteiger partial charge in [0.15, 0.2) is 0 Å². The lowest BCUT2D eigenvalue weighted by Crippen LogP contribution is -2.14. The molecule has 0 atom stereocenters. The van der Waals surface area contributed by atoms with Crippen molar-refractivity contribution in [3.05, 3.63) is 0 Å². The van der Waals surface area contributed by atoms with Gasteiger partial charge < -0.3 is 15.2 Å². The molecule has 0 aliphatic carbocycles. The van der Waals surface area contributed by atoms with Gasteiger partial charge in [-0.05, 0) is 6.42 Å². The van der Waals surface area contributed by atoms with Crippen molar-refractivity contribution in [1.82, 2.24) is 5.32 Å². The van der Waals surface area contributed by atoms with E-state index in [0.717, 1.165) is 6.42 Å². The van der Waals surface area contributed by atoms with Crippen LogP contribution in [0.3, 0.4) is 0 Å². The van der Waals surface area contributed by atoms with Crippen molar-refractivity contribution < 1.29 is 14.6 Å². The number of ether oxygens (including phenoxy) is 1. The summed E-state index contributed by atoms with van der Waals surface area (Å²) in [6.07, 6.45) is 1.45. The maximum Gasteiger partial charge on any atom is 0.207 e. The van der Waals surface area contributed by atoms with Gasteiger partial charge in [0.25, 0.3) is 0 Å². The highest BCUT2D eigenvalue weighted by Crippen LogP contribution is 1.78. The maximum atomic E-state index is 9.70. The van der Waals surface area contributed by atoms with Crippen molar-refractivity contribution in [2.24, 2.45) is 0 Å². The summed E-state index contributed by atoms with van der Waals surface area (Å²) in [6.45, 7) is 1.65. The second-order valence-electron chi connectivity index (χ2n) is 1.76. The van der Waals surface area contributed by atoms with Crippen LogP contribution in [0.25, 0.3) is 0 Å². The molecular formula is C6H13NO3. The van der Waals surface area contributed by atoms with Crippen LogP contribution in [-0.4, -0.2) is 37.9 Å². The number of carbonyl (C=O) groups is 1. The summed E-state index contributed by atoms with van der Waals surface area (Å²) < 4.78 is 4.92. The highest BCUT2D eigenvalue weighted by molar-refractivity contribution is 5.45. The first-order valence-electron chi connectivity index (χ1n) is 3.27. The third kappa shape index (κ3) is 7.39. The van der Waals surface area contributed by atoms with E-state index in [-0.39, 0.29) is 6.61 Å². The van der Waals surface area contributed by atoms with Gasteiger partial charge in [0.2, 0.25) is 6.41 Å². The molecule has 0 aliphatic rings. The second kappa shape index (κ2) is 8.39. The molecule has 60 valence electrons. The molecule has 0 spiro atoms. The van der Waals surface area contributed by atoms with Crippen LogP contribution in [0.5, 0.6) is 0 Å². The fraction of sp³-hybridized carbons (Fsp3) is 0.833. The first-order valence-corrected chi connectivity index (χ1v) is 3.27. The van der Waals surface area contributed by atoms with Crippen LogP contribution in [0.4, 0.5) is 0 Å². The summed E-state index contributed by atoms with van der Waals surface area (Å²) in [7, 11) is 0. The zero-order valence-corrected chi connectivity index (χ0v) is 5.88. The molecular weight excluding hydrogens is 134 g/mol. The highest BCUT2D eigenvalue weighted by Gasteiger charge is 1.85. The molecule has 0 aliphatic heterocycles. The van der Waals surface area contributed by atoms with Gasteiger partial charge >= 0.3 is 0 Å². The van der Waals surface area contributed by atoms with E-state index in [0.29, 0.717) is 26.2 Å². The quantitative estimate of drug-likeness (QED) is 0.363. The van der Waals surface area contributed by atoms with Crippen LogP contribution in [0.1, 0.15) is 6.42 Å². The Bertz CT molecular complexity index is 77.4. The van der Waals surface area contributed by atoms with E-state index < -0.39 is 0 Å². The van der Waals surface area contributed by atoms with Crippen molar-refractivity contribution >= 4 is 6.41 Å². The molecule has 0 saturated heterocycles. The average molecular weight is 147 g/mol. The van der Waals surface area contributed by atoms with Crippen molar-refractivity contribution in [1.29, 1.82) is 0 Å². The van der Waals surface area contributed by atoms with Crippen molar-refractivity contribution in [3.8, 4) is 0 Å². The van der Waals surface area contributed by atoms with Crippen LogP contribution >= 0.6 is 0 Å². The standard InChI is InChI=1S/C6H13NO3/c8-3-5-10-4-1-2-7-6-9/h6,8H,1-5H2,(H,7,9). The van der Waals surface area contributed by atoms with Crippen LogP contribution in [0.2, 0.25) is 0 Å². The largest absolute Gasteiger partial charge is 0.394 e. The maximum absolute atomic E-state index is 9.70. The smallest absolute Gasteiger partial charge is 0.207 e. The van der Waals surface area contributed by atoms with Crippen LogP contribution in [0.15, 0.2) is 0 Å². The molecule has 2 N–H and O–H groups in total. The lowest BCUT2D eigenvalue weighted by atomic mass is 10.4. The third-order valence-electron chi connectivity index (χ3n) is 0.929. The molecule has 0 heterocycles. The Kier molecular flexibility index (Phi) is 7.88. The minimum absolute atomic E-state index is 0.0567. The van der Waals surface area contributed by atoms with Crippen LogP contribution in [0, 0.1) is 0 Å². The van der Waals surface area contributed by atoms with Gasteiger partial charge in [0.05, 0.1) is 13.2 Å². The van der Waals surface area contributed by atoms with Gasteiger partial charge in [-0.2, -0.15) is 0 Å². The van der Waals surface area contributed by atoms with E-state index in [2.05, 4.69) is 5.32 Å². The second-order valence-corrected chi connectivity index (χ2v) is 1.76. The van der Waals surface area contributed by atoms with Crippen molar-refractivity contribution in [3.63, 3.8) is 0 Å². The average Bonchev–Trinajstić information content (AvgIpc) is 1.97. The fourth-order valence-electron chi connectivity index (χ4n) is 0.502. The van der Waals surface area contributed by atoms with E-state index in [9.17, 15) is 4.79 Å². The first kappa shape index (κ1) is 9.39. The molecule has 0 aromatic carbocycles. The highest BCUT2D eigenvalue weighted by atomic mass is 16.5. The Labute approximate surface area is 60.2 Å². The summed E-state index contributed by atoms with van der Waals surface area (Å²) >= 11 is 0. The number of hydrogen-bond acceptors (Lipinski definition) is 3. The monoisotopic (exact) mass is 147 g/mol. The predicted octanol–water partition coefficient (Wildman–Crippen LogP) is -0.869. The van der Waals surface area contributed by atoms with Crippen molar-refractivity contribution in [2.45, 2.75) is 6.42 Å². The number of aliphatic hydroxyl groups is 1. The van der Waals surface area contributed by atoms with Gasteiger partial charge in [0, 0.05) is 13.2 Å². The third-order valence-corrected chi connectivity index (χ3v) is 0.929. The van der Waals surface area contributed by atoms with Gasteiger partial charge in [-0.25, -0.2) is 0 Å². The number of aliphatic hydroxyl groups excluding tert-OH is 1. The molecule has 0 unspecified atom stereocenters. The number of amides is 1. The van der Waals surface area contributed by atoms with E-state index in [1.807, 2.05) is 0 Å². The zero-order valence-electron chi connectivity index (χ0n) is 5.88. The van der Waals surface area contributed by atoms with Gasteiger partial charge in [-0.15, -0.1) is 0 Å². The molecule has 1 amide bonds. The van der Waals surface area contributed by atoms with E-state index in [4.69, 9.17) is 9.84 Å². The lowest BCUT2D eigenvalue weighted by Gasteiger charge is -2.00. The first-order chi connectivity index (χ1) is 4.91. The zero-order chi connectivity index (χ0) is 7.66. The Morgan fingerprint density at radius 2 is 2.30 bits per heavy atom. The SMILES string of the molecule is O=CNCCCOCCO. The predicted molar refractivity (Wildman–Crippen MR) is 36.6 cm³/mol. The minimum atomic E-state index is 0.0567. The van der Waals surface area contributed by atoms with Crippen molar-refractivity contribution in [2.75, 3.05) is 26.4 Å². The van der Waals surface area contributed by atoms with E-state index in [1.165, 1.54) is 0 Å². The number of rotatable bonds is 7. The summed E-state index contributed by atoms with van der Waals surface area (Å²) in [5.41, 5.74) is 0. The Morgan fingerprint density at radius 1 is 1.50 bits per heavy atom. The fourth-order valence-corrected chi connectivity index (χ4v) is 0.502. The molecule has 0 rings (SSSR count). The van der Waals surface area contributed by atoms with Crippen LogP contribution < -0.4 is 5.32 Å². The summed E-state index contributed by atoms with van der Waals surface area (Å²) in [5, 5.41) is 10.8. The normalized spacial score (nSPS) is 9.30. The molecule has 4 nitrogen and oxygen atoms in total. The summed E-state index contributed by atoms with van der Waals surface area (Å²) in [5.74, 6) is 0. The molecule has 0 saturated carbocycles. The molecule has 0 aromatic rings. The minimum Gasteiger partial charge on any atom is -0.394 e. The Balaban J connectivity index is 2.70. The van der Waals surface area contributed by atoms with Crippen LogP contribution in [-0.2, 0) is 9.53 Å². The van der Waals surface area contributed by atoms with Gasteiger partial charge in [0.1, 0.15) is 0 Å². The Hall–Kier alpha value is -0.610.